The Balaban J connectivity index is 1.95. The molecule has 0 fully saturated rings. The Morgan fingerprint density at radius 1 is 1.03 bits per heavy atom. The van der Waals surface area contributed by atoms with Gasteiger partial charge in [-0.15, -0.1) is 0 Å². The lowest BCUT2D eigenvalue weighted by atomic mass is 10.0. The number of hydrogen-bond acceptors (Lipinski definition) is 6. The molecule has 1 aromatic heterocycles. The van der Waals surface area contributed by atoms with Crippen LogP contribution in [0.25, 0.3) is 10.9 Å². The van der Waals surface area contributed by atoms with E-state index in [9.17, 15) is 14.4 Å². The smallest absolute Gasteiger partial charge is 0.328 e. The van der Waals surface area contributed by atoms with Crippen LogP contribution in [0.2, 0.25) is 0 Å². The van der Waals surface area contributed by atoms with Crippen molar-refractivity contribution < 1.29 is 23.9 Å². The molecule has 0 saturated carbocycles. The van der Waals surface area contributed by atoms with E-state index >= 15 is 0 Å². The first kappa shape index (κ1) is 27.4. The fraction of sp³-hybridized carbons (Fsp3) is 0.577. The van der Waals surface area contributed by atoms with E-state index < -0.39 is 24.0 Å². The minimum Gasteiger partial charge on any atom is -0.465 e. The zero-order valence-corrected chi connectivity index (χ0v) is 20.6. The second-order valence-corrected chi connectivity index (χ2v) is 9.05. The quantitative estimate of drug-likeness (QED) is 0.268. The van der Waals surface area contributed by atoms with Gasteiger partial charge in [-0.1, -0.05) is 51.8 Å². The third-order valence-corrected chi connectivity index (χ3v) is 5.64. The number of fused-ring (bicyclic) bond motifs is 1. The number of carbonyl (C=O) groups is 3. The summed E-state index contributed by atoms with van der Waals surface area (Å²) >= 11 is 0. The van der Waals surface area contributed by atoms with Crippen LogP contribution < -0.4 is 11.1 Å². The van der Waals surface area contributed by atoms with Crippen LogP contribution in [0.5, 0.6) is 0 Å². The van der Waals surface area contributed by atoms with Gasteiger partial charge in [0.05, 0.1) is 13.2 Å². The Bertz CT molecular complexity index is 924. The summed E-state index contributed by atoms with van der Waals surface area (Å²) in [4.78, 5) is 40.6. The number of benzene rings is 1. The van der Waals surface area contributed by atoms with Crippen LogP contribution in [0.4, 0.5) is 0 Å². The van der Waals surface area contributed by atoms with E-state index in [4.69, 9.17) is 15.2 Å². The van der Waals surface area contributed by atoms with E-state index in [-0.39, 0.29) is 18.7 Å². The molecule has 0 aliphatic heterocycles. The average molecular weight is 474 g/mol. The number of carbonyl (C=O) groups excluding carboxylic acids is 3. The molecule has 1 aromatic carbocycles. The Labute approximate surface area is 201 Å². The summed E-state index contributed by atoms with van der Waals surface area (Å²) in [6, 6.07) is 6.07. The molecule has 0 aliphatic carbocycles. The van der Waals surface area contributed by atoms with Crippen molar-refractivity contribution in [1.29, 1.82) is 0 Å². The summed E-state index contributed by atoms with van der Waals surface area (Å²) in [6.45, 7) is 6.79. The maximum absolute atomic E-state index is 12.8. The van der Waals surface area contributed by atoms with Crippen LogP contribution in [0.1, 0.15) is 64.9 Å². The lowest BCUT2D eigenvalue weighted by molar-refractivity contribution is -0.148. The highest BCUT2D eigenvalue weighted by Crippen LogP contribution is 2.19. The summed E-state index contributed by atoms with van der Waals surface area (Å²) in [7, 11) is 0. The third-order valence-electron chi connectivity index (χ3n) is 5.64. The molecule has 0 aliphatic rings. The van der Waals surface area contributed by atoms with Crippen molar-refractivity contribution in [2.45, 2.75) is 77.8 Å². The van der Waals surface area contributed by atoms with Gasteiger partial charge in [0.2, 0.25) is 5.91 Å². The molecule has 0 unspecified atom stereocenters. The Hall–Kier alpha value is -2.87. The van der Waals surface area contributed by atoms with Crippen LogP contribution in [-0.4, -0.2) is 48.1 Å². The van der Waals surface area contributed by atoms with E-state index in [1.165, 1.54) is 0 Å². The molecule has 0 saturated heterocycles. The van der Waals surface area contributed by atoms with Gasteiger partial charge >= 0.3 is 11.9 Å². The Morgan fingerprint density at radius 2 is 1.76 bits per heavy atom. The molecule has 34 heavy (non-hydrogen) atoms. The first-order valence-corrected chi connectivity index (χ1v) is 12.2. The van der Waals surface area contributed by atoms with Crippen LogP contribution in [0.3, 0.4) is 0 Å². The van der Waals surface area contributed by atoms with Crippen molar-refractivity contribution >= 4 is 28.7 Å². The number of ether oxygens (including phenoxy) is 2. The molecule has 8 nitrogen and oxygen atoms in total. The van der Waals surface area contributed by atoms with Crippen molar-refractivity contribution in [3.8, 4) is 0 Å². The summed E-state index contributed by atoms with van der Waals surface area (Å²) in [5, 5.41) is 3.77. The minimum absolute atomic E-state index is 0.00788. The highest BCUT2D eigenvalue weighted by molar-refractivity contribution is 5.87. The maximum atomic E-state index is 12.8. The van der Waals surface area contributed by atoms with Crippen molar-refractivity contribution in [3.05, 3.63) is 36.0 Å². The molecular weight excluding hydrogens is 434 g/mol. The number of unbranched alkanes of at least 4 members (excludes halogenated alkanes) is 2. The van der Waals surface area contributed by atoms with Gasteiger partial charge in [0.15, 0.2) is 0 Å². The van der Waals surface area contributed by atoms with Gasteiger partial charge in [0.1, 0.15) is 12.1 Å². The molecule has 1 amide bonds. The summed E-state index contributed by atoms with van der Waals surface area (Å²) < 4.78 is 10.6. The number of hydrogen-bond donors (Lipinski definition) is 3. The molecule has 1 heterocycles. The average Bonchev–Trinajstić information content (AvgIpc) is 3.22. The van der Waals surface area contributed by atoms with Gasteiger partial charge in [-0.3, -0.25) is 9.59 Å². The highest BCUT2D eigenvalue weighted by Gasteiger charge is 2.25. The van der Waals surface area contributed by atoms with Crippen LogP contribution >= 0.6 is 0 Å². The number of para-hydroxylation sites is 1. The molecular formula is C26H39N3O5. The normalized spacial score (nSPS) is 13.0. The van der Waals surface area contributed by atoms with Crippen molar-refractivity contribution in [3.63, 3.8) is 0 Å². The Kier molecular flexibility index (Phi) is 11.6. The standard InChI is InChI=1S/C26H39N3O5/c1-4-5-8-14-33-26(32)23(16-19-17-28-22-10-7-6-9-20(19)22)29-24(30)12-11-21(27)25(31)34-15-13-18(2)3/h6-7,9-10,17-18,21,23,28H,4-5,8,11-16,27H2,1-3H3,(H,29,30)/t21-,23-/m1/s1. The molecule has 188 valence electrons. The first-order valence-electron chi connectivity index (χ1n) is 12.2. The SMILES string of the molecule is CCCCCOC(=O)[C@@H](Cc1c[nH]c2ccccc12)NC(=O)CC[C@@H](N)C(=O)OCCC(C)C. The van der Waals surface area contributed by atoms with Gasteiger partial charge in [0.25, 0.3) is 0 Å². The van der Waals surface area contributed by atoms with Crippen molar-refractivity contribution in [2.24, 2.45) is 11.7 Å². The molecule has 2 aromatic rings. The van der Waals surface area contributed by atoms with Gasteiger partial charge in [0, 0.05) is 29.9 Å². The number of esters is 2. The number of amides is 1. The largest absolute Gasteiger partial charge is 0.465 e. The highest BCUT2D eigenvalue weighted by atomic mass is 16.5. The zero-order valence-electron chi connectivity index (χ0n) is 20.6. The number of aromatic amines is 1. The lowest BCUT2D eigenvalue weighted by Crippen LogP contribution is -2.44. The molecule has 0 bridgehead atoms. The second-order valence-electron chi connectivity index (χ2n) is 9.05. The van der Waals surface area contributed by atoms with Crippen LogP contribution in [-0.2, 0) is 30.3 Å². The van der Waals surface area contributed by atoms with Crippen LogP contribution in [0, 0.1) is 5.92 Å². The number of aromatic nitrogens is 1. The molecule has 8 heteroatoms. The van der Waals surface area contributed by atoms with E-state index in [0.29, 0.717) is 25.6 Å². The predicted molar refractivity (Wildman–Crippen MR) is 132 cm³/mol. The summed E-state index contributed by atoms with van der Waals surface area (Å²) in [5.74, 6) is -0.919. The Morgan fingerprint density at radius 3 is 2.50 bits per heavy atom. The summed E-state index contributed by atoms with van der Waals surface area (Å²) in [5.41, 5.74) is 7.76. The van der Waals surface area contributed by atoms with Gasteiger partial charge in [-0.2, -0.15) is 0 Å². The first-order chi connectivity index (χ1) is 16.3. The fourth-order valence-corrected chi connectivity index (χ4v) is 3.51. The fourth-order valence-electron chi connectivity index (χ4n) is 3.51. The van der Waals surface area contributed by atoms with Crippen molar-refractivity contribution in [2.75, 3.05) is 13.2 Å². The molecule has 4 N–H and O–H groups in total. The zero-order chi connectivity index (χ0) is 24.9. The molecule has 2 atom stereocenters. The lowest BCUT2D eigenvalue weighted by Gasteiger charge is -2.18. The minimum atomic E-state index is -0.883. The van der Waals surface area contributed by atoms with E-state index in [1.54, 1.807) is 0 Å². The van der Waals surface area contributed by atoms with Gasteiger partial charge < -0.3 is 25.5 Å². The second kappa shape index (κ2) is 14.4. The predicted octanol–water partition coefficient (Wildman–Crippen LogP) is 3.63. The van der Waals surface area contributed by atoms with Crippen molar-refractivity contribution in [1.82, 2.24) is 10.3 Å². The van der Waals surface area contributed by atoms with Gasteiger partial charge in [-0.25, -0.2) is 4.79 Å². The van der Waals surface area contributed by atoms with E-state index in [0.717, 1.165) is 42.1 Å². The topological polar surface area (TPSA) is 124 Å². The third kappa shape index (κ3) is 9.17. The van der Waals surface area contributed by atoms with Crippen LogP contribution in [0.15, 0.2) is 30.5 Å². The number of H-pyrrole nitrogens is 1. The maximum Gasteiger partial charge on any atom is 0.328 e. The van der Waals surface area contributed by atoms with E-state index in [1.807, 2.05) is 44.3 Å². The van der Waals surface area contributed by atoms with Gasteiger partial charge in [-0.05, 0) is 36.8 Å². The van der Waals surface area contributed by atoms with E-state index in [2.05, 4.69) is 17.2 Å². The molecule has 0 radical (unpaired) electrons. The summed E-state index contributed by atoms with van der Waals surface area (Å²) in [6.07, 6.45) is 5.82. The molecule has 0 spiro atoms. The monoisotopic (exact) mass is 473 g/mol. The number of rotatable bonds is 15. The number of nitrogens with one attached hydrogen (secondary N) is 2. The molecule has 2 rings (SSSR count). The number of nitrogens with two attached hydrogens (primary N) is 1.